The van der Waals surface area contributed by atoms with Crippen LogP contribution in [0.1, 0.15) is 18.9 Å². The lowest BCUT2D eigenvalue weighted by atomic mass is 10.1. The summed E-state index contributed by atoms with van der Waals surface area (Å²) in [6.07, 6.45) is 3.89. The molecule has 1 aromatic heterocycles. The molecule has 0 amide bonds. The Morgan fingerprint density at radius 2 is 2.00 bits per heavy atom. The van der Waals surface area contributed by atoms with Crippen LogP contribution in [0.5, 0.6) is 0 Å². The fourth-order valence-electron chi connectivity index (χ4n) is 1.92. The van der Waals surface area contributed by atoms with Crippen molar-refractivity contribution in [1.29, 1.82) is 0 Å². The molecule has 2 rings (SSSR count). The second kappa shape index (κ2) is 6.05. The van der Waals surface area contributed by atoms with Crippen molar-refractivity contribution in [2.75, 3.05) is 11.1 Å². The Kier molecular flexibility index (Phi) is 4.18. The fraction of sp³-hybridized carbons (Fsp3) is 0.267. The first kappa shape index (κ1) is 12.4. The summed E-state index contributed by atoms with van der Waals surface area (Å²) in [5.74, 6) is 0.551. The molecule has 0 radical (unpaired) electrons. The van der Waals surface area contributed by atoms with Crippen molar-refractivity contribution in [2.24, 2.45) is 0 Å². The van der Waals surface area contributed by atoms with Crippen LogP contribution in [0.15, 0.2) is 48.7 Å². The van der Waals surface area contributed by atoms with Crippen molar-refractivity contribution in [1.82, 2.24) is 4.98 Å². The van der Waals surface area contributed by atoms with Crippen LogP contribution in [-0.2, 0) is 6.42 Å². The normalized spacial score (nSPS) is 12.1. The van der Waals surface area contributed by atoms with E-state index in [1.807, 2.05) is 18.2 Å². The third-order valence-electron chi connectivity index (χ3n) is 2.90. The maximum atomic E-state index is 5.65. The van der Waals surface area contributed by atoms with Crippen LogP contribution in [-0.4, -0.2) is 11.0 Å². The number of pyridine rings is 1. The predicted molar refractivity (Wildman–Crippen MR) is 76.5 cm³/mol. The summed E-state index contributed by atoms with van der Waals surface area (Å²) in [7, 11) is 0. The van der Waals surface area contributed by atoms with Gasteiger partial charge in [-0.2, -0.15) is 0 Å². The Morgan fingerprint density at radius 3 is 2.72 bits per heavy atom. The molecule has 0 saturated carbocycles. The van der Waals surface area contributed by atoms with E-state index in [0.717, 1.165) is 18.5 Å². The molecular formula is C15H19N3. The Bertz CT molecular complexity index is 482. The van der Waals surface area contributed by atoms with Crippen LogP contribution in [0.4, 0.5) is 11.5 Å². The van der Waals surface area contributed by atoms with Gasteiger partial charge in [0.1, 0.15) is 5.82 Å². The van der Waals surface area contributed by atoms with E-state index in [0.29, 0.717) is 11.9 Å². The summed E-state index contributed by atoms with van der Waals surface area (Å²) in [5.41, 5.74) is 8.05. The standard InChI is InChI=1S/C15H19N3/c1-12(7-8-13-5-3-2-4-6-13)18-14-9-10-17-15(16)11-14/h2-6,9-12H,7-8H2,1H3,(H3,16,17,18). The Morgan fingerprint density at radius 1 is 1.22 bits per heavy atom. The highest BCUT2D eigenvalue weighted by molar-refractivity contribution is 5.50. The number of hydrogen-bond donors (Lipinski definition) is 2. The Hall–Kier alpha value is -2.03. The number of benzene rings is 1. The van der Waals surface area contributed by atoms with Crippen molar-refractivity contribution in [3.8, 4) is 0 Å². The molecule has 0 aliphatic rings. The van der Waals surface area contributed by atoms with Gasteiger partial charge >= 0.3 is 0 Å². The minimum atomic E-state index is 0.409. The first-order valence-corrected chi connectivity index (χ1v) is 6.26. The van der Waals surface area contributed by atoms with Crippen molar-refractivity contribution in [2.45, 2.75) is 25.8 Å². The van der Waals surface area contributed by atoms with Crippen LogP contribution in [0.3, 0.4) is 0 Å². The van der Waals surface area contributed by atoms with Gasteiger partial charge in [0.15, 0.2) is 0 Å². The van der Waals surface area contributed by atoms with Gasteiger partial charge in [0.25, 0.3) is 0 Å². The van der Waals surface area contributed by atoms with E-state index in [1.54, 1.807) is 6.20 Å². The molecule has 2 aromatic rings. The molecule has 0 saturated heterocycles. The summed E-state index contributed by atoms with van der Waals surface area (Å²) in [6, 6.07) is 14.7. The Labute approximate surface area is 108 Å². The van der Waals surface area contributed by atoms with E-state index in [-0.39, 0.29) is 0 Å². The number of hydrogen-bond acceptors (Lipinski definition) is 3. The van der Waals surface area contributed by atoms with Crippen molar-refractivity contribution in [3.63, 3.8) is 0 Å². The van der Waals surface area contributed by atoms with Crippen molar-refractivity contribution >= 4 is 11.5 Å². The summed E-state index contributed by atoms with van der Waals surface area (Å²) < 4.78 is 0. The van der Waals surface area contributed by atoms with Crippen LogP contribution in [0.2, 0.25) is 0 Å². The maximum Gasteiger partial charge on any atom is 0.125 e. The highest BCUT2D eigenvalue weighted by Gasteiger charge is 2.03. The first-order valence-electron chi connectivity index (χ1n) is 6.26. The van der Waals surface area contributed by atoms with Crippen LogP contribution in [0.25, 0.3) is 0 Å². The largest absolute Gasteiger partial charge is 0.384 e. The van der Waals surface area contributed by atoms with Gasteiger partial charge in [0, 0.05) is 24.0 Å². The number of anilines is 2. The maximum absolute atomic E-state index is 5.65. The molecule has 0 fully saturated rings. The molecule has 18 heavy (non-hydrogen) atoms. The molecule has 3 heteroatoms. The topological polar surface area (TPSA) is 50.9 Å². The average molecular weight is 241 g/mol. The molecule has 1 heterocycles. The zero-order valence-corrected chi connectivity index (χ0v) is 10.6. The smallest absolute Gasteiger partial charge is 0.125 e. The molecule has 1 aromatic carbocycles. The quantitative estimate of drug-likeness (QED) is 0.845. The third-order valence-corrected chi connectivity index (χ3v) is 2.90. The number of rotatable bonds is 5. The summed E-state index contributed by atoms with van der Waals surface area (Å²) in [5, 5.41) is 3.43. The Balaban J connectivity index is 1.84. The molecule has 1 unspecified atom stereocenters. The average Bonchev–Trinajstić information content (AvgIpc) is 2.38. The van der Waals surface area contributed by atoms with E-state index in [2.05, 4.69) is 41.5 Å². The predicted octanol–water partition coefficient (Wildman–Crippen LogP) is 3.10. The van der Waals surface area contributed by atoms with E-state index in [4.69, 9.17) is 5.73 Å². The summed E-state index contributed by atoms with van der Waals surface area (Å²) in [6.45, 7) is 2.18. The molecule has 0 aliphatic heterocycles. The van der Waals surface area contributed by atoms with Crippen LogP contribution < -0.4 is 11.1 Å². The number of aromatic nitrogens is 1. The van der Waals surface area contributed by atoms with Gasteiger partial charge in [-0.05, 0) is 31.4 Å². The molecule has 94 valence electrons. The van der Waals surface area contributed by atoms with Gasteiger partial charge < -0.3 is 11.1 Å². The highest BCUT2D eigenvalue weighted by atomic mass is 14.9. The highest BCUT2D eigenvalue weighted by Crippen LogP contribution is 2.13. The van der Waals surface area contributed by atoms with Crippen LogP contribution in [0, 0.1) is 0 Å². The SMILES string of the molecule is CC(CCc1ccccc1)Nc1ccnc(N)c1. The molecule has 0 aliphatic carbocycles. The van der Waals surface area contributed by atoms with E-state index >= 15 is 0 Å². The molecule has 3 N–H and O–H groups in total. The molecule has 1 atom stereocenters. The lowest BCUT2D eigenvalue weighted by Crippen LogP contribution is -2.16. The molecular weight excluding hydrogens is 222 g/mol. The van der Waals surface area contributed by atoms with E-state index in [1.165, 1.54) is 5.56 Å². The van der Waals surface area contributed by atoms with Gasteiger partial charge in [-0.25, -0.2) is 4.98 Å². The zero-order chi connectivity index (χ0) is 12.8. The van der Waals surface area contributed by atoms with E-state index in [9.17, 15) is 0 Å². The number of aryl methyl sites for hydroxylation is 1. The second-order valence-corrected chi connectivity index (χ2v) is 4.54. The third kappa shape index (κ3) is 3.77. The lowest BCUT2D eigenvalue weighted by Gasteiger charge is -2.15. The first-order chi connectivity index (χ1) is 8.74. The second-order valence-electron chi connectivity index (χ2n) is 4.54. The molecule has 0 spiro atoms. The number of nitrogens with one attached hydrogen (secondary N) is 1. The van der Waals surface area contributed by atoms with Crippen molar-refractivity contribution in [3.05, 3.63) is 54.2 Å². The minimum absolute atomic E-state index is 0.409. The minimum Gasteiger partial charge on any atom is -0.384 e. The van der Waals surface area contributed by atoms with Gasteiger partial charge in [-0.15, -0.1) is 0 Å². The lowest BCUT2D eigenvalue weighted by molar-refractivity contribution is 0.706. The van der Waals surface area contributed by atoms with Gasteiger partial charge in [0.05, 0.1) is 0 Å². The molecule has 3 nitrogen and oxygen atoms in total. The summed E-state index contributed by atoms with van der Waals surface area (Å²) >= 11 is 0. The van der Waals surface area contributed by atoms with Crippen molar-refractivity contribution < 1.29 is 0 Å². The number of nitrogens with two attached hydrogens (primary N) is 1. The van der Waals surface area contributed by atoms with Gasteiger partial charge in [0.2, 0.25) is 0 Å². The molecule has 0 bridgehead atoms. The fourth-order valence-corrected chi connectivity index (χ4v) is 1.92. The zero-order valence-electron chi connectivity index (χ0n) is 10.6. The monoisotopic (exact) mass is 241 g/mol. The van der Waals surface area contributed by atoms with E-state index < -0.39 is 0 Å². The number of nitrogens with zero attached hydrogens (tertiary/aromatic N) is 1. The number of nitrogen functional groups attached to an aromatic ring is 1. The van der Waals surface area contributed by atoms with Crippen LogP contribution >= 0.6 is 0 Å². The van der Waals surface area contributed by atoms with Gasteiger partial charge in [-0.1, -0.05) is 30.3 Å². The summed E-state index contributed by atoms with van der Waals surface area (Å²) in [4.78, 5) is 3.98. The van der Waals surface area contributed by atoms with Gasteiger partial charge in [-0.3, -0.25) is 0 Å².